The molecule has 1 aromatic heterocycles. The maximum absolute atomic E-state index is 4.02. The molecule has 0 aliphatic rings. The van der Waals surface area contributed by atoms with Gasteiger partial charge in [-0.25, -0.2) is 0 Å². The highest BCUT2D eigenvalue weighted by molar-refractivity contribution is 7.10. The maximum atomic E-state index is 4.02. The molecule has 0 aliphatic heterocycles. The third-order valence-corrected chi connectivity index (χ3v) is 3.15. The summed E-state index contributed by atoms with van der Waals surface area (Å²) < 4.78 is 0. The van der Waals surface area contributed by atoms with Gasteiger partial charge in [-0.1, -0.05) is 19.1 Å². The lowest BCUT2D eigenvalue weighted by Gasteiger charge is -2.17. The first-order chi connectivity index (χ1) is 6.16. The van der Waals surface area contributed by atoms with Gasteiger partial charge in [0.1, 0.15) is 0 Å². The normalized spacial score (nSPS) is 12.8. The Bertz CT molecular complexity index is 288. The topological polar surface area (TPSA) is 12.0 Å². The fraction of sp³-hybridized carbons (Fsp3) is 0.455. The zero-order valence-corrected chi connectivity index (χ0v) is 9.37. The Morgan fingerprint density at radius 3 is 2.77 bits per heavy atom. The van der Waals surface area contributed by atoms with Crippen LogP contribution in [0.4, 0.5) is 0 Å². The van der Waals surface area contributed by atoms with Gasteiger partial charge in [0.15, 0.2) is 0 Å². The molecule has 1 unspecified atom stereocenters. The van der Waals surface area contributed by atoms with Crippen LogP contribution in [0, 0.1) is 6.92 Å². The first kappa shape index (κ1) is 10.5. The lowest BCUT2D eigenvalue weighted by Crippen LogP contribution is -2.21. The molecule has 1 rings (SSSR count). The number of nitrogens with one attached hydrogen (secondary N) is 1. The van der Waals surface area contributed by atoms with Crippen molar-refractivity contribution in [3.8, 4) is 0 Å². The Balaban J connectivity index is 2.88. The first-order valence-electron chi connectivity index (χ1n) is 4.59. The summed E-state index contributed by atoms with van der Waals surface area (Å²) in [5.74, 6) is 0. The van der Waals surface area contributed by atoms with Crippen molar-refractivity contribution in [1.82, 2.24) is 5.32 Å². The average molecular weight is 195 g/mol. The van der Waals surface area contributed by atoms with Gasteiger partial charge in [0, 0.05) is 4.88 Å². The molecule has 13 heavy (non-hydrogen) atoms. The molecule has 72 valence electrons. The molecule has 1 aromatic rings. The van der Waals surface area contributed by atoms with Gasteiger partial charge in [-0.05, 0) is 37.4 Å². The van der Waals surface area contributed by atoms with E-state index >= 15 is 0 Å². The van der Waals surface area contributed by atoms with Crippen LogP contribution < -0.4 is 5.32 Å². The molecule has 1 heterocycles. The van der Waals surface area contributed by atoms with Gasteiger partial charge in [0.05, 0.1) is 6.04 Å². The Kier molecular flexibility index (Phi) is 3.70. The Labute approximate surface area is 84.5 Å². The molecular formula is C11H17NS. The van der Waals surface area contributed by atoms with Crippen molar-refractivity contribution in [2.45, 2.75) is 26.8 Å². The second-order valence-corrected chi connectivity index (χ2v) is 4.25. The predicted octanol–water partition coefficient (Wildman–Crippen LogP) is 3.28. The van der Waals surface area contributed by atoms with E-state index in [0.717, 1.165) is 6.54 Å². The third-order valence-electron chi connectivity index (χ3n) is 2.06. The SMILES string of the molecule is C=C(C)C(NCC)c1sccc1C. The molecule has 0 radical (unpaired) electrons. The largest absolute Gasteiger partial charge is 0.306 e. The van der Waals surface area contributed by atoms with Crippen LogP contribution in [-0.2, 0) is 0 Å². The van der Waals surface area contributed by atoms with E-state index in [2.05, 4.69) is 44.1 Å². The van der Waals surface area contributed by atoms with Crippen LogP contribution in [0.1, 0.15) is 30.3 Å². The Morgan fingerprint density at radius 2 is 2.38 bits per heavy atom. The molecule has 0 aromatic carbocycles. The molecular weight excluding hydrogens is 178 g/mol. The van der Waals surface area contributed by atoms with E-state index in [1.807, 2.05) is 0 Å². The summed E-state index contributed by atoms with van der Waals surface area (Å²) in [7, 11) is 0. The highest BCUT2D eigenvalue weighted by Gasteiger charge is 2.13. The zero-order chi connectivity index (χ0) is 9.84. The van der Waals surface area contributed by atoms with Crippen LogP contribution in [0.5, 0.6) is 0 Å². The van der Waals surface area contributed by atoms with Crippen molar-refractivity contribution >= 4 is 11.3 Å². The molecule has 0 amide bonds. The summed E-state index contributed by atoms with van der Waals surface area (Å²) in [6.45, 7) is 11.3. The molecule has 1 atom stereocenters. The number of aryl methyl sites for hydroxylation is 1. The van der Waals surface area contributed by atoms with E-state index in [1.165, 1.54) is 16.0 Å². The number of rotatable bonds is 4. The molecule has 0 bridgehead atoms. The minimum atomic E-state index is 0.338. The van der Waals surface area contributed by atoms with E-state index in [4.69, 9.17) is 0 Å². The minimum absolute atomic E-state index is 0.338. The Morgan fingerprint density at radius 1 is 1.69 bits per heavy atom. The average Bonchev–Trinajstić information content (AvgIpc) is 2.47. The monoisotopic (exact) mass is 195 g/mol. The first-order valence-corrected chi connectivity index (χ1v) is 5.47. The van der Waals surface area contributed by atoms with Crippen molar-refractivity contribution in [2.24, 2.45) is 0 Å². The molecule has 0 fully saturated rings. The van der Waals surface area contributed by atoms with Gasteiger partial charge in [0.2, 0.25) is 0 Å². The van der Waals surface area contributed by atoms with Gasteiger partial charge in [-0.2, -0.15) is 0 Å². The van der Waals surface area contributed by atoms with Crippen LogP contribution in [0.15, 0.2) is 23.6 Å². The zero-order valence-electron chi connectivity index (χ0n) is 8.55. The van der Waals surface area contributed by atoms with Crippen LogP contribution >= 0.6 is 11.3 Å². The van der Waals surface area contributed by atoms with Gasteiger partial charge < -0.3 is 5.32 Å². The summed E-state index contributed by atoms with van der Waals surface area (Å²) in [6, 6.07) is 2.50. The second kappa shape index (κ2) is 4.58. The summed E-state index contributed by atoms with van der Waals surface area (Å²) in [4.78, 5) is 1.40. The van der Waals surface area contributed by atoms with Crippen molar-refractivity contribution in [3.63, 3.8) is 0 Å². The van der Waals surface area contributed by atoms with E-state index in [9.17, 15) is 0 Å². The molecule has 1 nitrogen and oxygen atoms in total. The van der Waals surface area contributed by atoms with Gasteiger partial charge in [0.25, 0.3) is 0 Å². The molecule has 0 saturated carbocycles. The Hall–Kier alpha value is -0.600. The molecule has 2 heteroatoms. The number of hydrogen-bond acceptors (Lipinski definition) is 2. The van der Waals surface area contributed by atoms with Crippen LogP contribution in [0.25, 0.3) is 0 Å². The fourth-order valence-electron chi connectivity index (χ4n) is 1.38. The molecule has 0 spiro atoms. The van der Waals surface area contributed by atoms with E-state index in [-0.39, 0.29) is 0 Å². The van der Waals surface area contributed by atoms with E-state index < -0.39 is 0 Å². The van der Waals surface area contributed by atoms with E-state index in [1.54, 1.807) is 11.3 Å². The number of thiophene rings is 1. The van der Waals surface area contributed by atoms with E-state index in [0.29, 0.717) is 6.04 Å². The van der Waals surface area contributed by atoms with Crippen LogP contribution in [0.2, 0.25) is 0 Å². The molecule has 0 saturated heterocycles. The van der Waals surface area contributed by atoms with Gasteiger partial charge in [-0.3, -0.25) is 0 Å². The number of hydrogen-bond donors (Lipinski definition) is 1. The lowest BCUT2D eigenvalue weighted by atomic mass is 10.1. The van der Waals surface area contributed by atoms with Crippen molar-refractivity contribution in [2.75, 3.05) is 6.54 Å². The lowest BCUT2D eigenvalue weighted by molar-refractivity contribution is 0.628. The standard InChI is InChI=1S/C11H17NS/c1-5-12-10(8(2)3)11-9(4)6-7-13-11/h6-7,10,12H,2,5H2,1,3-4H3. The maximum Gasteiger partial charge on any atom is 0.0627 e. The summed E-state index contributed by atoms with van der Waals surface area (Å²) in [6.07, 6.45) is 0. The van der Waals surface area contributed by atoms with Crippen LogP contribution in [0.3, 0.4) is 0 Å². The third kappa shape index (κ3) is 2.42. The van der Waals surface area contributed by atoms with Crippen molar-refractivity contribution in [1.29, 1.82) is 0 Å². The fourth-order valence-corrected chi connectivity index (χ4v) is 2.47. The molecule has 0 aliphatic carbocycles. The van der Waals surface area contributed by atoms with Gasteiger partial charge in [-0.15, -0.1) is 11.3 Å². The second-order valence-electron chi connectivity index (χ2n) is 3.30. The van der Waals surface area contributed by atoms with Crippen LogP contribution in [-0.4, -0.2) is 6.54 Å². The summed E-state index contributed by atoms with van der Waals surface area (Å²) >= 11 is 1.80. The number of likely N-dealkylation sites (N-methyl/N-ethyl adjacent to an activating group) is 1. The summed E-state index contributed by atoms with van der Waals surface area (Å²) in [5, 5.41) is 5.57. The predicted molar refractivity (Wildman–Crippen MR) is 60.3 cm³/mol. The highest BCUT2D eigenvalue weighted by Crippen LogP contribution is 2.27. The molecule has 1 N–H and O–H groups in total. The smallest absolute Gasteiger partial charge is 0.0627 e. The van der Waals surface area contributed by atoms with Crippen molar-refractivity contribution < 1.29 is 0 Å². The minimum Gasteiger partial charge on any atom is -0.306 e. The van der Waals surface area contributed by atoms with Gasteiger partial charge >= 0.3 is 0 Å². The summed E-state index contributed by atoms with van der Waals surface area (Å²) in [5.41, 5.74) is 2.55. The van der Waals surface area contributed by atoms with Crippen molar-refractivity contribution in [3.05, 3.63) is 34.0 Å². The quantitative estimate of drug-likeness (QED) is 0.727. The highest BCUT2D eigenvalue weighted by atomic mass is 32.1.